The number of hydrogen-bond acceptors (Lipinski definition) is 18. The molecule has 37 heavy (non-hydrogen) atoms. The summed E-state index contributed by atoms with van der Waals surface area (Å²) in [5.41, 5.74) is 5.93. The van der Waals surface area contributed by atoms with Crippen molar-refractivity contribution >= 4 is 35.8 Å². The summed E-state index contributed by atoms with van der Waals surface area (Å²) in [6, 6.07) is 0. The van der Waals surface area contributed by atoms with Crippen LogP contribution in [0.15, 0.2) is 0 Å². The predicted octanol–water partition coefficient (Wildman–Crippen LogP) is -12.8. The Balaban J connectivity index is -0.000000171. The summed E-state index contributed by atoms with van der Waals surface area (Å²) in [7, 11) is 0. The first-order valence-corrected chi connectivity index (χ1v) is 8.95. The summed E-state index contributed by atoms with van der Waals surface area (Å²) >= 11 is 0. The molecule has 2 unspecified atom stereocenters. The van der Waals surface area contributed by atoms with Gasteiger partial charge < -0.3 is 91.7 Å². The van der Waals surface area contributed by atoms with Crippen molar-refractivity contribution in [2.45, 2.75) is 49.2 Å². The van der Waals surface area contributed by atoms with Gasteiger partial charge in [0.15, 0.2) is 0 Å². The van der Waals surface area contributed by atoms with Gasteiger partial charge in [-0.05, 0) is 0 Å². The van der Waals surface area contributed by atoms with E-state index in [1.165, 1.54) is 0 Å². The smallest absolute Gasteiger partial charge is 0.550 e. The standard InChI is InChI=1S/2C8H14N2O7.3Zn/c2*9-7(17)8(1-4(11)12,2-5(13)14)10-3-6(15)16;;;/h2*7,10,17H,1-3,9H2,(H,11,12)(H,13,14)(H,15,16);;;/q;;3*+2/p-6. The summed E-state index contributed by atoms with van der Waals surface area (Å²) in [4.78, 5) is 62.2. The number of aliphatic hydroxyl groups is 2. The molecule has 2 atom stereocenters. The molecule has 8 N–H and O–H groups in total. The van der Waals surface area contributed by atoms with Gasteiger partial charge in [0, 0.05) is 62.7 Å². The fourth-order valence-electron chi connectivity index (χ4n) is 2.53. The van der Waals surface area contributed by atoms with Crippen LogP contribution in [0.2, 0.25) is 0 Å². The number of rotatable bonds is 16. The van der Waals surface area contributed by atoms with E-state index in [9.17, 15) is 69.6 Å². The van der Waals surface area contributed by atoms with Gasteiger partial charge in [0.05, 0.1) is 23.0 Å². The van der Waals surface area contributed by atoms with Crippen molar-refractivity contribution in [3.05, 3.63) is 0 Å². The van der Waals surface area contributed by atoms with Crippen molar-refractivity contribution in [2.24, 2.45) is 11.5 Å². The monoisotopic (exact) mass is 686 g/mol. The number of carboxylic acids is 6. The van der Waals surface area contributed by atoms with E-state index in [1.54, 1.807) is 0 Å². The largest absolute Gasteiger partial charge is 2.00 e. The molecule has 0 aromatic heterocycles. The van der Waals surface area contributed by atoms with Crippen molar-refractivity contribution in [2.75, 3.05) is 13.1 Å². The Morgan fingerprint density at radius 3 is 0.838 bits per heavy atom. The Morgan fingerprint density at radius 2 is 0.730 bits per heavy atom. The van der Waals surface area contributed by atoms with Gasteiger partial charge in [0.25, 0.3) is 0 Å². The average Bonchev–Trinajstić information content (AvgIpc) is 2.62. The van der Waals surface area contributed by atoms with E-state index >= 15 is 0 Å². The fraction of sp³-hybridized carbons (Fsp3) is 0.625. The molecular weight excluding hydrogens is 668 g/mol. The Kier molecular flexibility index (Phi) is 26.2. The first kappa shape index (κ1) is 45.4. The first-order chi connectivity index (χ1) is 15.4. The van der Waals surface area contributed by atoms with Crippen LogP contribution in [-0.4, -0.2) is 82.7 Å². The summed E-state index contributed by atoms with van der Waals surface area (Å²) in [6.07, 6.45) is -7.84. The molecule has 0 bridgehead atoms. The number of nitrogens with one attached hydrogen (secondary N) is 2. The second-order valence-corrected chi connectivity index (χ2v) is 6.85. The molecule has 0 aliphatic rings. The maximum Gasteiger partial charge on any atom is 2.00 e. The SMILES string of the molecule is NC(O)C(CC(=O)[O-])(CC(=O)[O-])NCC(=O)[O-].NC(O)C(CC(=O)[O-])(CC(=O)[O-])NCC(=O)[O-].[Zn+2].[Zn+2].[Zn+2]. The van der Waals surface area contributed by atoms with Crippen molar-refractivity contribution < 1.29 is 128 Å². The number of nitrogens with two attached hydrogens (primary N) is 2. The number of aliphatic hydroxyl groups excluding tert-OH is 2. The number of carbonyl (C=O) groups is 6. The van der Waals surface area contributed by atoms with Crippen LogP contribution in [0.5, 0.6) is 0 Å². The first-order valence-electron chi connectivity index (χ1n) is 8.95. The molecule has 18 nitrogen and oxygen atoms in total. The van der Waals surface area contributed by atoms with Gasteiger partial charge >= 0.3 is 58.4 Å². The Labute approximate surface area is 247 Å². The van der Waals surface area contributed by atoms with Gasteiger partial charge in [-0.3, -0.25) is 0 Å². The normalized spacial score (nSPS) is 12.0. The molecule has 0 spiro atoms. The Hall–Kier alpha value is -1.55. The molecule has 0 radical (unpaired) electrons. The van der Waals surface area contributed by atoms with Crippen molar-refractivity contribution in [1.29, 1.82) is 0 Å². The molecule has 0 saturated heterocycles. The minimum Gasteiger partial charge on any atom is -0.550 e. The van der Waals surface area contributed by atoms with E-state index in [2.05, 4.69) is 0 Å². The molecular formula is C16H22N4O14Zn3. The van der Waals surface area contributed by atoms with E-state index in [4.69, 9.17) is 11.5 Å². The van der Waals surface area contributed by atoms with E-state index < -0.39 is 98.1 Å². The quantitative estimate of drug-likeness (QED) is 0.0646. The van der Waals surface area contributed by atoms with E-state index in [-0.39, 0.29) is 58.4 Å². The van der Waals surface area contributed by atoms with E-state index in [0.29, 0.717) is 0 Å². The fourth-order valence-corrected chi connectivity index (χ4v) is 2.53. The molecule has 21 heteroatoms. The van der Waals surface area contributed by atoms with Gasteiger partial charge in [-0.1, -0.05) is 0 Å². The molecule has 0 aliphatic heterocycles. The number of carboxylic acid groups (broad SMARTS) is 6. The molecule has 196 valence electrons. The van der Waals surface area contributed by atoms with Crippen molar-refractivity contribution in [3.8, 4) is 0 Å². The predicted molar refractivity (Wildman–Crippen MR) is 90.4 cm³/mol. The molecule has 0 saturated carbocycles. The molecule has 0 fully saturated rings. The molecule has 0 rings (SSSR count). The summed E-state index contributed by atoms with van der Waals surface area (Å²) in [5.74, 6) is -10.1. The van der Waals surface area contributed by atoms with E-state index in [1.807, 2.05) is 10.6 Å². The second-order valence-electron chi connectivity index (χ2n) is 6.85. The summed E-state index contributed by atoms with van der Waals surface area (Å²) < 4.78 is 0. The maximum absolute atomic E-state index is 10.5. The third-order valence-electron chi connectivity index (χ3n) is 4.14. The zero-order valence-electron chi connectivity index (χ0n) is 19.5. The van der Waals surface area contributed by atoms with Crippen LogP contribution in [-0.2, 0) is 87.2 Å². The van der Waals surface area contributed by atoms with Crippen LogP contribution >= 0.6 is 0 Å². The minimum atomic E-state index is -2.09. The van der Waals surface area contributed by atoms with E-state index in [0.717, 1.165) is 0 Å². The zero-order chi connectivity index (χ0) is 27.3. The van der Waals surface area contributed by atoms with Crippen LogP contribution in [0, 0.1) is 0 Å². The van der Waals surface area contributed by atoms with Gasteiger partial charge in [-0.15, -0.1) is 0 Å². The minimum absolute atomic E-state index is 0. The van der Waals surface area contributed by atoms with Crippen molar-refractivity contribution in [1.82, 2.24) is 10.6 Å². The molecule has 0 amide bonds. The van der Waals surface area contributed by atoms with Crippen LogP contribution in [0.3, 0.4) is 0 Å². The second kappa shape index (κ2) is 21.4. The molecule has 0 aromatic rings. The average molecular weight is 691 g/mol. The third kappa shape index (κ3) is 20.1. The molecule has 0 aliphatic carbocycles. The molecule has 0 heterocycles. The topological polar surface area (TPSA) is 357 Å². The zero-order valence-corrected chi connectivity index (χ0v) is 28.4. The third-order valence-corrected chi connectivity index (χ3v) is 4.14. The van der Waals surface area contributed by atoms with Gasteiger partial charge in [0.1, 0.15) is 12.5 Å². The van der Waals surface area contributed by atoms with Crippen molar-refractivity contribution in [3.63, 3.8) is 0 Å². The van der Waals surface area contributed by atoms with Gasteiger partial charge in [-0.25, -0.2) is 0 Å². The summed E-state index contributed by atoms with van der Waals surface area (Å²) in [6.45, 7) is -1.76. The maximum atomic E-state index is 10.5. The number of hydrogen-bond donors (Lipinski definition) is 6. The van der Waals surface area contributed by atoms with Crippen LogP contribution in [0.4, 0.5) is 0 Å². The molecule has 0 aromatic carbocycles. The Bertz CT molecular complexity index is 675. The van der Waals surface area contributed by atoms with Crippen LogP contribution in [0.1, 0.15) is 25.7 Å². The number of aliphatic carboxylic acids is 6. The van der Waals surface area contributed by atoms with Gasteiger partial charge in [0.2, 0.25) is 0 Å². The van der Waals surface area contributed by atoms with Gasteiger partial charge in [-0.2, -0.15) is 0 Å². The summed E-state index contributed by atoms with van der Waals surface area (Å²) in [5, 5.41) is 84.7. The number of carbonyl (C=O) groups excluding carboxylic acids is 6. The Morgan fingerprint density at radius 1 is 0.541 bits per heavy atom. The van der Waals surface area contributed by atoms with Crippen LogP contribution in [0.25, 0.3) is 0 Å². The van der Waals surface area contributed by atoms with Crippen LogP contribution < -0.4 is 52.7 Å².